The van der Waals surface area contributed by atoms with Crippen LogP contribution in [0.15, 0.2) is 121 Å². The molecule has 48 heavy (non-hydrogen) atoms. The molecule has 1 N–H and O–H groups in total. The molecule has 0 aromatic heterocycles. The Morgan fingerprint density at radius 2 is 0.875 bits per heavy atom. The van der Waals surface area contributed by atoms with E-state index in [1.807, 2.05) is 12.1 Å². The Morgan fingerprint density at radius 3 is 1.10 bits per heavy atom. The molecule has 0 aliphatic heterocycles. The van der Waals surface area contributed by atoms with Crippen LogP contribution in [0.1, 0.15) is 67.2 Å². The minimum atomic E-state index is -2.49. The van der Waals surface area contributed by atoms with Crippen LogP contribution in [0.25, 0.3) is 0 Å². The van der Waals surface area contributed by atoms with E-state index in [1.54, 1.807) is 0 Å². The molecule has 4 aromatic carbocycles. The highest BCUT2D eigenvalue weighted by Crippen LogP contribution is 2.48. The second kappa shape index (κ2) is 14.4. The molecule has 6 rings (SSSR count). The van der Waals surface area contributed by atoms with Gasteiger partial charge >= 0.3 is 0 Å². The van der Waals surface area contributed by atoms with Crippen molar-refractivity contribution < 1.29 is 18.8 Å². The van der Waals surface area contributed by atoms with E-state index < -0.39 is 16.6 Å². The minimum Gasteiger partial charge on any atom is -0.407 e. The van der Waals surface area contributed by atoms with E-state index in [-0.39, 0.29) is 27.5 Å². The molecule has 2 aliphatic rings. The molecule has 0 unspecified atom stereocenters. The SMILES string of the molecule is CC(C)(C)[Si](OCC1(C=O)CC1)(c1ccccc1)c1ccccc1.CC(C)(C)[Si](OCC1(CO)CC1)(c1ccccc1)c1ccccc1. The molecule has 4 aromatic rings. The summed E-state index contributed by atoms with van der Waals surface area (Å²) >= 11 is 0. The maximum atomic E-state index is 11.5. The summed E-state index contributed by atoms with van der Waals surface area (Å²) in [6.07, 6.45) is 5.15. The van der Waals surface area contributed by atoms with Gasteiger partial charge in [0.1, 0.15) is 6.29 Å². The minimum absolute atomic E-state index is 0.00123. The van der Waals surface area contributed by atoms with E-state index in [0.717, 1.165) is 32.0 Å². The molecular formula is C42H54O4Si2. The average molecular weight is 679 g/mol. The summed E-state index contributed by atoms with van der Waals surface area (Å²) in [4.78, 5) is 11.5. The number of benzene rings is 4. The van der Waals surface area contributed by atoms with Gasteiger partial charge in [0.2, 0.25) is 0 Å². The molecule has 0 spiro atoms. The highest BCUT2D eigenvalue weighted by Gasteiger charge is 2.54. The molecule has 6 heteroatoms. The van der Waals surface area contributed by atoms with Crippen LogP contribution in [0.3, 0.4) is 0 Å². The van der Waals surface area contributed by atoms with Crippen LogP contribution < -0.4 is 20.7 Å². The monoisotopic (exact) mass is 678 g/mol. The van der Waals surface area contributed by atoms with Gasteiger partial charge in [-0.3, -0.25) is 0 Å². The normalized spacial score (nSPS) is 16.7. The fraction of sp³-hybridized carbons (Fsp3) is 0.405. The summed E-state index contributed by atoms with van der Waals surface area (Å²) in [6, 6.07) is 42.6. The molecule has 2 fully saturated rings. The Labute approximate surface area is 290 Å². The van der Waals surface area contributed by atoms with Gasteiger partial charge in [-0.1, -0.05) is 163 Å². The van der Waals surface area contributed by atoms with E-state index >= 15 is 0 Å². The molecule has 0 atom stereocenters. The first-order valence-corrected chi connectivity index (χ1v) is 21.3. The number of rotatable bonds is 12. The predicted octanol–water partition coefficient (Wildman–Crippen LogP) is 6.88. The van der Waals surface area contributed by atoms with Crippen molar-refractivity contribution in [2.45, 2.75) is 77.3 Å². The number of hydrogen-bond acceptors (Lipinski definition) is 4. The van der Waals surface area contributed by atoms with E-state index in [1.165, 1.54) is 20.7 Å². The molecule has 0 heterocycles. The number of carbonyl (C=O) groups excluding carboxylic acids is 1. The molecule has 254 valence electrons. The van der Waals surface area contributed by atoms with E-state index in [2.05, 4.69) is 151 Å². The highest BCUT2D eigenvalue weighted by atomic mass is 28.4. The zero-order chi connectivity index (χ0) is 34.5. The first-order valence-electron chi connectivity index (χ1n) is 17.4. The molecule has 4 nitrogen and oxygen atoms in total. The molecular weight excluding hydrogens is 625 g/mol. The Morgan fingerprint density at radius 1 is 0.562 bits per heavy atom. The zero-order valence-corrected chi connectivity index (χ0v) is 31.7. The Hall–Kier alpha value is -3.14. The maximum absolute atomic E-state index is 11.5. The third-order valence-electron chi connectivity index (χ3n) is 10.4. The van der Waals surface area contributed by atoms with E-state index in [9.17, 15) is 9.90 Å². The van der Waals surface area contributed by atoms with Crippen molar-refractivity contribution in [3.8, 4) is 0 Å². The van der Waals surface area contributed by atoms with Crippen molar-refractivity contribution in [2.24, 2.45) is 10.8 Å². The fourth-order valence-electron chi connectivity index (χ4n) is 7.02. The van der Waals surface area contributed by atoms with Gasteiger partial charge in [-0.15, -0.1) is 0 Å². The highest BCUT2D eigenvalue weighted by molar-refractivity contribution is 7.00. The summed E-state index contributed by atoms with van der Waals surface area (Å²) in [5.74, 6) is 0. The van der Waals surface area contributed by atoms with Crippen molar-refractivity contribution in [3.05, 3.63) is 121 Å². The van der Waals surface area contributed by atoms with Crippen LogP contribution >= 0.6 is 0 Å². The molecule has 2 aliphatic carbocycles. The lowest BCUT2D eigenvalue weighted by Gasteiger charge is -2.43. The summed E-state index contributed by atoms with van der Waals surface area (Å²) in [5, 5.41) is 14.8. The average Bonchev–Trinajstić information content (AvgIpc) is 4.03. The third-order valence-corrected chi connectivity index (χ3v) is 20.4. The van der Waals surface area contributed by atoms with Gasteiger partial charge in [0.05, 0.1) is 6.61 Å². The standard InChI is InChI=1S/C21H28O2Si.C21H26O2Si/c2*1-20(2,3)24(18-10-6-4-7-11-18,19-12-8-5-9-13-19)23-17-21(16-22)14-15-21/h4-13,22H,14-17H2,1-3H3;4-13,16H,14-15,17H2,1-3H3. The van der Waals surface area contributed by atoms with Gasteiger partial charge in [0, 0.05) is 24.0 Å². The number of hydrogen-bond donors (Lipinski definition) is 1. The van der Waals surface area contributed by atoms with Crippen LogP contribution in [0, 0.1) is 10.8 Å². The second-order valence-corrected chi connectivity index (χ2v) is 24.7. The number of aliphatic hydroxyl groups is 1. The lowest BCUT2D eigenvalue weighted by atomic mass is 10.1. The topological polar surface area (TPSA) is 55.8 Å². The Kier molecular flexibility index (Phi) is 10.8. The first-order chi connectivity index (χ1) is 22.9. The number of aliphatic hydroxyl groups excluding tert-OH is 1. The fourth-order valence-corrected chi connectivity index (χ4v) is 16.4. The van der Waals surface area contributed by atoms with E-state index in [4.69, 9.17) is 8.85 Å². The number of carbonyl (C=O) groups is 1. The summed E-state index contributed by atoms with van der Waals surface area (Å²) in [6.45, 7) is 15.1. The van der Waals surface area contributed by atoms with Gasteiger partial charge in [-0.05, 0) is 56.5 Å². The first kappa shape index (κ1) is 36.2. The second-order valence-electron chi connectivity index (χ2n) is 16.0. The lowest BCUT2D eigenvalue weighted by molar-refractivity contribution is -0.113. The summed E-state index contributed by atoms with van der Waals surface area (Å²) in [7, 11) is -4.94. The van der Waals surface area contributed by atoms with Crippen molar-refractivity contribution in [2.75, 3.05) is 19.8 Å². The summed E-state index contributed by atoms with van der Waals surface area (Å²) < 4.78 is 13.7. The van der Waals surface area contributed by atoms with Crippen molar-refractivity contribution >= 4 is 43.7 Å². The van der Waals surface area contributed by atoms with Gasteiger partial charge < -0.3 is 18.8 Å². The molecule has 0 radical (unpaired) electrons. The van der Waals surface area contributed by atoms with E-state index in [0.29, 0.717) is 13.2 Å². The van der Waals surface area contributed by atoms with Crippen LogP contribution in [-0.4, -0.2) is 47.8 Å². The third kappa shape index (κ3) is 7.38. The van der Waals surface area contributed by atoms with Crippen LogP contribution in [0.2, 0.25) is 10.1 Å². The predicted molar refractivity (Wildman–Crippen MR) is 204 cm³/mol. The van der Waals surface area contributed by atoms with Crippen LogP contribution in [0.4, 0.5) is 0 Å². The smallest absolute Gasteiger partial charge is 0.261 e. The quantitative estimate of drug-likeness (QED) is 0.131. The Balaban J connectivity index is 0.000000188. The summed E-state index contributed by atoms with van der Waals surface area (Å²) in [5.41, 5.74) is -0.250. The zero-order valence-electron chi connectivity index (χ0n) is 29.7. The van der Waals surface area contributed by atoms with Gasteiger partial charge in [-0.25, -0.2) is 0 Å². The molecule has 0 saturated heterocycles. The Bertz CT molecular complexity index is 1510. The molecule has 0 bridgehead atoms. The molecule has 0 amide bonds. The van der Waals surface area contributed by atoms with Gasteiger partial charge in [0.25, 0.3) is 16.6 Å². The van der Waals surface area contributed by atoms with Crippen LogP contribution in [-0.2, 0) is 13.6 Å². The van der Waals surface area contributed by atoms with Crippen molar-refractivity contribution in [1.29, 1.82) is 0 Å². The van der Waals surface area contributed by atoms with Crippen molar-refractivity contribution in [3.63, 3.8) is 0 Å². The van der Waals surface area contributed by atoms with Crippen LogP contribution in [0.5, 0.6) is 0 Å². The molecule has 2 saturated carbocycles. The number of aldehydes is 1. The lowest BCUT2D eigenvalue weighted by Crippen LogP contribution is -2.67. The van der Waals surface area contributed by atoms with Gasteiger partial charge in [0.15, 0.2) is 0 Å². The van der Waals surface area contributed by atoms with Gasteiger partial charge in [-0.2, -0.15) is 0 Å². The largest absolute Gasteiger partial charge is 0.407 e. The van der Waals surface area contributed by atoms with Crippen molar-refractivity contribution in [1.82, 2.24) is 0 Å². The maximum Gasteiger partial charge on any atom is 0.261 e.